The molecule has 0 fully saturated rings. The predicted molar refractivity (Wildman–Crippen MR) is 53.6 cm³/mol. The molecule has 1 N–H and O–H groups in total. The summed E-state index contributed by atoms with van der Waals surface area (Å²) < 4.78 is 7.11. The zero-order valence-corrected chi connectivity index (χ0v) is 8.74. The number of hydrogen-bond acceptors (Lipinski definition) is 4. The number of oxazole rings is 1. The largest absolute Gasteiger partial charge is 0.430 e. The van der Waals surface area contributed by atoms with Crippen LogP contribution in [-0.2, 0) is 13.1 Å². The van der Waals surface area contributed by atoms with Crippen molar-refractivity contribution in [2.24, 2.45) is 0 Å². The Labute approximate surface area is 87.1 Å². The van der Waals surface area contributed by atoms with Gasteiger partial charge in [-0.05, 0) is 13.8 Å². The summed E-state index contributed by atoms with van der Waals surface area (Å²) in [5.41, 5.74) is 4.35. The first-order valence-corrected chi connectivity index (χ1v) is 4.96. The highest BCUT2D eigenvalue weighted by Crippen LogP contribution is 2.21. The lowest BCUT2D eigenvalue weighted by Gasteiger charge is -1.99. The number of rotatable bonds is 1. The fourth-order valence-electron chi connectivity index (χ4n) is 1.90. The van der Waals surface area contributed by atoms with Crippen LogP contribution in [0.15, 0.2) is 10.7 Å². The van der Waals surface area contributed by atoms with Crippen molar-refractivity contribution in [3.63, 3.8) is 0 Å². The first-order chi connectivity index (χ1) is 7.25. The van der Waals surface area contributed by atoms with Gasteiger partial charge in [-0.3, -0.25) is 0 Å². The summed E-state index contributed by atoms with van der Waals surface area (Å²) in [7, 11) is 0. The van der Waals surface area contributed by atoms with Crippen LogP contribution in [-0.4, -0.2) is 14.8 Å². The molecule has 0 saturated heterocycles. The number of fused-ring (bicyclic) bond motifs is 1. The Bertz CT molecular complexity index is 511. The second kappa shape index (κ2) is 2.93. The number of hydrogen-bond donors (Lipinski definition) is 1. The molecule has 0 atom stereocenters. The average Bonchev–Trinajstić information content (AvgIpc) is 2.84. The maximum absolute atomic E-state index is 5.34. The molecule has 2 aromatic rings. The topological polar surface area (TPSA) is 55.9 Å². The monoisotopic (exact) mass is 204 g/mol. The van der Waals surface area contributed by atoms with Crippen molar-refractivity contribution in [2.75, 3.05) is 0 Å². The lowest BCUT2D eigenvalue weighted by Crippen LogP contribution is -2.07. The van der Waals surface area contributed by atoms with Crippen LogP contribution in [0.1, 0.15) is 22.6 Å². The Kier molecular flexibility index (Phi) is 1.70. The first kappa shape index (κ1) is 8.67. The molecule has 0 aliphatic carbocycles. The van der Waals surface area contributed by atoms with Gasteiger partial charge in [-0.1, -0.05) is 0 Å². The van der Waals surface area contributed by atoms with Crippen LogP contribution < -0.4 is 5.32 Å². The second-order valence-corrected chi connectivity index (χ2v) is 3.80. The van der Waals surface area contributed by atoms with Gasteiger partial charge in [0.1, 0.15) is 6.26 Å². The van der Waals surface area contributed by atoms with Crippen molar-refractivity contribution in [1.82, 2.24) is 20.1 Å². The van der Waals surface area contributed by atoms with Gasteiger partial charge in [0, 0.05) is 18.7 Å². The Hall–Kier alpha value is -1.62. The van der Waals surface area contributed by atoms with Crippen LogP contribution in [0.4, 0.5) is 0 Å². The fraction of sp³-hybridized carbons (Fsp3) is 0.400. The van der Waals surface area contributed by atoms with E-state index in [0.717, 1.165) is 30.2 Å². The number of aromatic nitrogens is 3. The zero-order valence-electron chi connectivity index (χ0n) is 8.74. The van der Waals surface area contributed by atoms with E-state index in [1.165, 1.54) is 5.56 Å². The van der Waals surface area contributed by atoms with Gasteiger partial charge in [0.2, 0.25) is 0 Å². The number of nitrogens with one attached hydrogen (secondary N) is 1. The third kappa shape index (κ3) is 1.20. The third-order valence-electron chi connectivity index (χ3n) is 2.71. The van der Waals surface area contributed by atoms with Gasteiger partial charge in [-0.2, -0.15) is 14.8 Å². The maximum atomic E-state index is 5.34. The number of nitrogens with zero attached hydrogens (tertiary/aromatic N) is 3. The fourth-order valence-corrected chi connectivity index (χ4v) is 1.90. The molecule has 0 radical (unpaired) electrons. The molecule has 0 saturated carbocycles. The predicted octanol–water partition coefficient (Wildman–Crippen LogP) is 1.08. The van der Waals surface area contributed by atoms with Crippen molar-refractivity contribution in [3.05, 3.63) is 28.9 Å². The molecule has 0 aromatic carbocycles. The molecule has 0 bridgehead atoms. The van der Waals surface area contributed by atoms with Crippen molar-refractivity contribution in [2.45, 2.75) is 26.9 Å². The smallest absolute Gasteiger partial charge is 0.323 e. The van der Waals surface area contributed by atoms with Gasteiger partial charge in [-0.15, -0.1) is 0 Å². The van der Waals surface area contributed by atoms with Crippen LogP contribution in [0, 0.1) is 13.8 Å². The molecule has 5 heteroatoms. The van der Waals surface area contributed by atoms with Gasteiger partial charge < -0.3 is 9.73 Å². The van der Waals surface area contributed by atoms with E-state index in [9.17, 15) is 0 Å². The Morgan fingerprint density at radius 2 is 2.27 bits per heavy atom. The molecule has 15 heavy (non-hydrogen) atoms. The normalized spacial score (nSPS) is 14.5. The van der Waals surface area contributed by atoms with Crippen molar-refractivity contribution >= 4 is 0 Å². The van der Waals surface area contributed by atoms with Gasteiger partial charge in [-0.25, -0.2) is 0 Å². The molecule has 1 aliphatic rings. The summed E-state index contributed by atoms with van der Waals surface area (Å²) in [6.07, 6.45) is 1.64. The Morgan fingerprint density at radius 1 is 1.40 bits per heavy atom. The molecular formula is C10H12N4O. The van der Waals surface area contributed by atoms with Crippen LogP contribution in [0.2, 0.25) is 0 Å². The first-order valence-electron chi connectivity index (χ1n) is 4.96. The minimum Gasteiger partial charge on any atom is -0.430 e. The second-order valence-electron chi connectivity index (χ2n) is 3.80. The SMILES string of the molecule is Cc1coc(-n2nc3c(c2C)CNC3)n1. The standard InChI is InChI=1S/C10H12N4O/c1-6-5-15-10(12-6)14-7(2)8-3-11-4-9(8)13-14/h5,11H,3-4H2,1-2H3. The highest BCUT2D eigenvalue weighted by molar-refractivity contribution is 5.32. The average molecular weight is 204 g/mol. The van der Waals surface area contributed by atoms with Crippen LogP contribution in [0.25, 0.3) is 6.01 Å². The molecule has 5 nitrogen and oxygen atoms in total. The molecule has 3 rings (SSSR count). The molecule has 3 heterocycles. The molecule has 0 spiro atoms. The molecule has 78 valence electrons. The van der Waals surface area contributed by atoms with E-state index < -0.39 is 0 Å². The summed E-state index contributed by atoms with van der Waals surface area (Å²) >= 11 is 0. The number of aryl methyl sites for hydroxylation is 1. The van der Waals surface area contributed by atoms with E-state index in [4.69, 9.17) is 4.42 Å². The van der Waals surface area contributed by atoms with Crippen LogP contribution in [0.3, 0.4) is 0 Å². The maximum Gasteiger partial charge on any atom is 0.323 e. The molecular weight excluding hydrogens is 192 g/mol. The van der Waals surface area contributed by atoms with Gasteiger partial charge in [0.25, 0.3) is 0 Å². The molecule has 0 unspecified atom stereocenters. The quantitative estimate of drug-likeness (QED) is 0.755. The van der Waals surface area contributed by atoms with Crippen molar-refractivity contribution < 1.29 is 4.42 Å². The van der Waals surface area contributed by atoms with Gasteiger partial charge in [0.05, 0.1) is 17.1 Å². The zero-order chi connectivity index (χ0) is 10.4. The van der Waals surface area contributed by atoms with E-state index in [-0.39, 0.29) is 0 Å². The molecule has 2 aromatic heterocycles. The van der Waals surface area contributed by atoms with Crippen molar-refractivity contribution in [1.29, 1.82) is 0 Å². The minimum atomic E-state index is 0.555. The third-order valence-corrected chi connectivity index (χ3v) is 2.71. The summed E-state index contributed by atoms with van der Waals surface area (Å²) in [5, 5.41) is 7.74. The van der Waals surface area contributed by atoms with Crippen LogP contribution >= 0.6 is 0 Å². The highest BCUT2D eigenvalue weighted by atomic mass is 16.4. The van der Waals surface area contributed by atoms with Crippen LogP contribution in [0.5, 0.6) is 0 Å². The summed E-state index contributed by atoms with van der Waals surface area (Å²) in [4.78, 5) is 4.27. The Balaban J connectivity index is 2.13. The van der Waals surface area contributed by atoms with E-state index in [2.05, 4.69) is 15.4 Å². The van der Waals surface area contributed by atoms with Gasteiger partial charge in [0.15, 0.2) is 0 Å². The lowest BCUT2D eigenvalue weighted by molar-refractivity contribution is 0.501. The van der Waals surface area contributed by atoms with Crippen molar-refractivity contribution in [3.8, 4) is 6.01 Å². The van der Waals surface area contributed by atoms with E-state index in [0.29, 0.717) is 6.01 Å². The highest BCUT2D eigenvalue weighted by Gasteiger charge is 2.21. The Morgan fingerprint density at radius 3 is 2.93 bits per heavy atom. The van der Waals surface area contributed by atoms with E-state index in [1.54, 1.807) is 10.9 Å². The van der Waals surface area contributed by atoms with E-state index in [1.807, 2.05) is 13.8 Å². The summed E-state index contributed by atoms with van der Waals surface area (Å²) in [5.74, 6) is 0. The summed E-state index contributed by atoms with van der Waals surface area (Å²) in [6.45, 7) is 5.67. The lowest BCUT2D eigenvalue weighted by atomic mass is 10.2. The minimum absolute atomic E-state index is 0.555. The molecule has 0 amide bonds. The summed E-state index contributed by atoms with van der Waals surface area (Å²) in [6, 6.07) is 0.555. The van der Waals surface area contributed by atoms with Gasteiger partial charge >= 0.3 is 6.01 Å². The van der Waals surface area contributed by atoms with E-state index >= 15 is 0 Å². The molecule has 1 aliphatic heterocycles.